The Morgan fingerprint density at radius 1 is 1.47 bits per heavy atom. The topological polar surface area (TPSA) is 56.7 Å². The maximum absolute atomic E-state index is 5.66. The molecule has 2 heterocycles. The highest BCUT2D eigenvalue weighted by atomic mass is 79.9. The number of rotatable bonds is 2. The summed E-state index contributed by atoms with van der Waals surface area (Å²) >= 11 is 3.34. The molecule has 0 saturated carbocycles. The van der Waals surface area contributed by atoms with Gasteiger partial charge in [0.15, 0.2) is 0 Å². The first-order chi connectivity index (χ1) is 7.15. The van der Waals surface area contributed by atoms with Gasteiger partial charge >= 0.3 is 0 Å². The summed E-state index contributed by atoms with van der Waals surface area (Å²) in [6.07, 6.45) is 3.69. The lowest BCUT2D eigenvalue weighted by atomic mass is 10.3. The number of aryl methyl sites for hydroxylation is 1. The summed E-state index contributed by atoms with van der Waals surface area (Å²) in [4.78, 5) is 4.26. The van der Waals surface area contributed by atoms with Crippen molar-refractivity contribution in [1.82, 2.24) is 14.8 Å². The van der Waals surface area contributed by atoms with E-state index in [-0.39, 0.29) is 0 Å². The summed E-state index contributed by atoms with van der Waals surface area (Å²) in [5.74, 6) is 0.576. The Morgan fingerprint density at radius 3 is 2.80 bits per heavy atom. The van der Waals surface area contributed by atoms with Crippen LogP contribution >= 0.6 is 15.9 Å². The van der Waals surface area contributed by atoms with Crippen molar-refractivity contribution in [3.8, 4) is 0 Å². The summed E-state index contributed by atoms with van der Waals surface area (Å²) in [6, 6.07) is 3.92. The van der Waals surface area contributed by atoms with Crippen LogP contribution in [-0.4, -0.2) is 14.8 Å². The number of nitrogen functional groups attached to an aromatic ring is 1. The molecule has 0 aliphatic carbocycles. The molecule has 0 unspecified atom stereocenters. The third-order valence-electron chi connectivity index (χ3n) is 2.10. The van der Waals surface area contributed by atoms with Gasteiger partial charge in [0, 0.05) is 22.4 Å². The van der Waals surface area contributed by atoms with E-state index in [9.17, 15) is 0 Å². The monoisotopic (exact) mass is 266 g/mol. The minimum atomic E-state index is 0.576. The van der Waals surface area contributed by atoms with Gasteiger partial charge in [0.1, 0.15) is 5.82 Å². The standard InChI is InChI=1S/C10H11BrN4/c1-7-5-15(14-10(7)12)6-9-3-2-8(11)4-13-9/h2-5H,6H2,1H3,(H2,12,14). The van der Waals surface area contributed by atoms with Crippen LogP contribution in [0.15, 0.2) is 29.0 Å². The number of nitrogens with two attached hydrogens (primary N) is 1. The number of anilines is 1. The lowest BCUT2D eigenvalue weighted by molar-refractivity contribution is 0.675. The Labute approximate surface area is 96.3 Å². The number of hydrogen-bond acceptors (Lipinski definition) is 3. The molecule has 0 bridgehead atoms. The maximum Gasteiger partial charge on any atom is 0.148 e. The first kappa shape index (κ1) is 10.2. The van der Waals surface area contributed by atoms with Gasteiger partial charge in [-0.25, -0.2) is 0 Å². The molecular weight excluding hydrogens is 256 g/mol. The second-order valence-electron chi connectivity index (χ2n) is 3.36. The normalized spacial score (nSPS) is 10.5. The van der Waals surface area contributed by atoms with Gasteiger partial charge < -0.3 is 5.73 Å². The molecular formula is C10H11BrN4. The van der Waals surface area contributed by atoms with Gasteiger partial charge in [0.2, 0.25) is 0 Å². The molecule has 5 heteroatoms. The van der Waals surface area contributed by atoms with E-state index in [4.69, 9.17) is 5.73 Å². The van der Waals surface area contributed by atoms with Crippen LogP contribution in [-0.2, 0) is 6.54 Å². The van der Waals surface area contributed by atoms with Gasteiger partial charge in [-0.1, -0.05) is 0 Å². The SMILES string of the molecule is Cc1cn(Cc2ccc(Br)cn2)nc1N. The van der Waals surface area contributed by atoms with Crippen LogP contribution in [0.4, 0.5) is 5.82 Å². The molecule has 0 fully saturated rings. The number of pyridine rings is 1. The van der Waals surface area contributed by atoms with Gasteiger partial charge in [0.05, 0.1) is 12.2 Å². The van der Waals surface area contributed by atoms with Gasteiger partial charge in [-0.3, -0.25) is 9.67 Å². The zero-order valence-electron chi connectivity index (χ0n) is 8.31. The molecule has 4 nitrogen and oxygen atoms in total. The molecule has 0 aliphatic heterocycles. The average Bonchev–Trinajstić information content (AvgIpc) is 2.50. The molecule has 0 atom stereocenters. The lowest BCUT2D eigenvalue weighted by Gasteiger charge is -2.00. The van der Waals surface area contributed by atoms with Crippen LogP contribution in [0.1, 0.15) is 11.3 Å². The third-order valence-corrected chi connectivity index (χ3v) is 2.56. The van der Waals surface area contributed by atoms with Crippen LogP contribution < -0.4 is 5.73 Å². The van der Waals surface area contributed by atoms with Gasteiger partial charge in [-0.2, -0.15) is 5.10 Å². The van der Waals surface area contributed by atoms with Crippen molar-refractivity contribution in [3.63, 3.8) is 0 Å². The number of hydrogen-bond donors (Lipinski definition) is 1. The predicted octanol–water partition coefficient (Wildman–Crippen LogP) is 1.98. The van der Waals surface area contributed by atoms with Crippen LogP contribution in [0.25, 0.3) is 0 Å². The highest BCUT2D eigenvalue weighted by Gasteiger charge is 2.02. The van der Waals surface area contributed by atoms with Crippen LogP contribution in [0.3, 0.4) is 0 Å². The fourth-order valence-electron chi connectivity index (χ4n) is 1.28. The molecule has 0 saturated heterocycles. The van der Waals surface area contributed by atoms with Crippen molar-refractivity contribution in [2.75, 3.05) is 5.73 Å². The van der Waals surface area contributed by atoms with Crippen molar-refractivity contribution in [2.24, 2.45) is 0 Å². The summed E-state index contributed by atoms with van der Waals surface area (Å²) in [7, 11) is 0. The summed E-state index contributed by atoms with van der Waals surface area (Å²) in [5, 5.41) is 4.17. The second-order valence-corrected chi connectivity index (χ2v) is 4.28. The van der Waals surface area contributed by atoms with E-state index in [0.29, 0.717) is 12.4 Å². The quantitative estimate of drug-likeness (QED) is 0.905. The molecule has 2 rings (SSSR count). The van der Waals surface area contributed by atoms with Crippen LogP contribution in [0.2, 0.25) is 0 Å². The minimum Gasteiger partial charge on any atom is -0.382 e. The van der Waals surface area contributed by atoms with Crippen LogP contribution in [0, 0.1) is 6.92 Å². The van der Waals surface area contributed by atoms with Crippen molar-refractivity contribution >= 4 is 21.7 Å². The van der Waals surface area contributed by atoms with E-state index in [1.165, 1.54) is 0 Å². The zero-order chi connectivity index (χ0) is 10.8. The van der Waals surface area contributed by atoms with E-state index < -0.39 is 0 Å². The smallest absolute Gasteiger partial charge is 0.148 e. The van der Waals surface area contributed by atoms with E-state index in [0.717, 1.165) is 15.7 Å². The number of aromatic nitrogens is 3. The van der Waals surface area contributed by atoms with E-state index in [1.54, 1.807) is 10.9 Å². The third kappa shape index (κ3) is 2.36. The highest BCUT2D eigenvalue weighted by molar-refractivity contribution is 9.10. The Hall–Kier alpha value is -1.36. The minimum absolute atomic E-state index is 0.576. The highest BCUT2D eigenvalue weighted by Crippen LogP contribution is 2.10. The number of nitrogens with zero attached hydrogens (tertiary/aromatic N) is 3. The Morgan fingerprint density at radius 2 is 2.27 bits per heavy atom. The van der Waals surface area contributed by atoms with E-state index in [1.807, 2.05) is 25.3 Å². The zero-order valence-corrected chi connectivity index (χ0v) is 9.90. The first-order valence-electron chi connectivity index (χ1n) is 4.55. The number of halogens is 1. The largest absolute Gasteiger partial charge is 0.382 e. The Balaban J connectivity index is 2.18. The fourth-order valence-corrected chi connectivity index (χ4v) is 1.52. The van der Waals surface area contributed by atoms with Crippen LogP contribution in [0.5, 0.6) is 0 Å². The van der Waals surface area contributed by atoms with Gasteiger partial charge in [0.25, 0.3) is 0 Å². The molecule has 2 N–H and O–H groups in total. The molecule has 0 aliphatic rings. The van der Waals surface area contributed by atoms with Crippen molar-refractivity contribution in [3.05, 3.63) is 40.3 Å². The predicted molar refractivity (Wildman–Crippen MR) is 62.4 cm³/mol. The van der Waals surface area contributed by atoms with Crippen molar-refractivity contribution in [2.45, 2.75) is 13.5 Å². The van der Waals surface area contributed by atoms with Gasteiger partial charge in [-0.15, -0.1) is 0 Å². The molecule has 78 valence electrons. The van der Waals surface area contributed by atoms with E-state index in [2.05, 4.69) is 26.0 Å². The van der Waals surface area contributed by atoms with Crippen molar-refractivity contribution < 1.29 is 0 Å². The molecule has 15 heavy (non-hydrogen) atoms. The Bertz CT molecular complexity index is 441. The summed E-state index contributed by atoms with van der Waals surface area (Å²) < 4.78 is 2.77. The molecule has 0 amide bonds. The summed E-state index contributed by atoms with van der Waals surface area (Å²) in [5.41, 5.74) is 7.61. The van der Waals surface area contributed by atoms with Crippen molar-refractivity contribution in [1.29, 1.82) is 0 Å². The first-order valence-corrected chi connectivity index (χ1v) is 5.34. The average molecular weight is 267 g/mol. The lowest BCUT2D eigenvalue weighted by Crippen LogP contribution is -2.02. The molecule has 0 radical (unpaired) electrons. The molecule has 0 spiro atoms. The molecule has 2 aromatic heterocycles. The Kier molecular flexibility index (Phi) is 2.73. The molecule has 0 aromatic carbocycles. The summed E-state index contributed by atoms with van der Waals surface area (Å²) in [6.45, 7) is 2.58. The maximum atomic E-state index is 5.66. The van der Waals surface area contributed by atoms with Gasteiger partial charge in [-0.05, 0) is 35.0 Å². The van der Waals surface area contributed by atoms with E-state index >= 15 is 0 Å². The fraction of sp³-hybridized carbons (Fsp3) is 0.200. The molecule has 2 aromatic rings. The second kappa shape index (κ2) is 4.02.